The van der Waals surface area contributed by atoms with E-state index in [4.69, 9.17) is 10.5 Å². The number of methoxy groups -OCH3 is 1. The molecule has 2 aromatic rings. The van der Waals surface area contributed by atoms with Gasteiger partial charge in [0.1, 0.15) is 5.75 Å². The first-order valence-electron chi connectivity index (χ1n) is 5.62. The van der Waals surface area contributed by atoms with Crippen LogP contribution in [0.2, 0.25) is 0 Å². The van der Waals surface area contributed by atoms with Gasteiger partial charge in [0, 0.05) is 10.7 Å². The number of rotatable bonds is 3. The highest BCUT2D eigenvalue weighted by Crippen LogP contribution is 2.26. The molecule has 0 saturated heterocycles. The fourth-order valence-corrected chi connectivity index (χ4v) is 2.36. The van der Waals surface area contributed by atoms with Crippen molar-refractivity contribution in [3.05, 3.63) is 57.8 Å². The van der Waals surface area contributed by atoms with Gasteiger partial charge in [-0.25, -0.2) is 0 Å². The summed E-state index contributed by atoms with van der Waals surface area (Å²) in [5.41, 5.74) is 9.47. The molecule has 1 atom stereocenters. The van der Waals surface area contributed by atoms with Gasteiger partial charge >= 0.3 is 0 Å². The van der Waals surface area contributed by atoms with Crippen LogP contribution < -0.4 is 10.5 Å². The maximum absolute atomic E-state index is 6.28. The van der Waals surface area contributed by atoms with Gasteiger partial charge in [-0.3, -0.25) is 4.98 Å². The zero-order valence-electron chi connectivity index (χ0n) is 10.4. The summed E-state index contributed by atoms with van der Waals surface area (Å²) in [5.74, 6) is 0.720. The second-order valence-electron chi connectivity index (χ2n) is 4.14. The van der Waals surface area contributed by atoms with Gasteiger partial charge in [0.25, 0.3) is 0 Å². The van der Waals surface area contributed by atoms with Gasteiger partial charge in [-0.05, 0) is 41.8 Å². The molecular formula is C14H15BrN2O. The van der Waals surface area contributed by atoms with E-state index in [-0.39, 0.29) is 6.04 Å². The van der Waals surface area contributed by atoms with Gasteiger partial charge in [-0.1, -0.05) is 22.0 Å². The van der Waals surface area contributed by atoms with E-state index < -0.39 is 0 Å². The molecule has 1 heterocycles. The highest BCUT2D eigenvalue weighted by Gasteiger charge is 2.12. The number of aryl methyl sites for hydroxylation is 1. The van der Waals surface area contributed by atoms with Crippen molar-refractivity contribution in [3.8, 4) is 5.75 Å². The SMILES string of the molecule is COc1cncc(C(N)c2ccc(Br)cc2C)c1. The minimum atomic E-state index is -0.194. The lowest BCUT2D eigenvalue weighted by Gasteiger charge is -2.15. The van der Waals surface area contributed by atoms with Crippen molar-refractivity contribution in [3.63, 3.8) is 0 Å². The lowest BCUT2D eigenvalue weighted by molar-refractivity contribution is 0.412. The number of nitrogens with zero attached hydrogens (tertiary/aromatic N) is 1. The molecule has 0 amide bonds. The number of pyridine rings is 1. The van der Waals surface area contributed by atoms with Crippen LogP contribution in [-0.4, -0.2) is 12.1 Å². The van der Waals surface area contributed by atoms with Crippen LogP contribution in [0.3, 0.4) is 0 Å². The number of hydrogen-bond donors (Lipinski definition) is 1. The van der Waals surface area contributed by atoms with E-state index in [9.17, 15) is 0 Å². The maximum atomic E-state index is 6.28. The number of aromatic nitrogens is 1. The first kappa shape index (κ1) is 13.1. The number of ether oxygens (including phenoxy) is 1. The average molecular weight is 307 g/mol. The molecule has 1 unspecified atom stereocenters. The fraction of sp³-hybridized carbons (Fsp3) is 0.214. The van der Waals surface area contributed by atoms with Crippen LogP contribution in [0.15, 0.2) is 41.1 Å². The van der Waals surface area contributed by atoms with E-state index >= 15 is 0 Å². The molecule has 94 valence electrons. The van der Waals surface area contributed by atoms with Gasteiger partial charge < -0.3 is 10.5 Å². The van der Waals surface area contributed by atoms with E-state index in [1.807, 2.05) is 25.1 Å². The molecule has 3 nitrogen and oxygen atoms in total. The van der Waals surface area contributed by atoms with Crippen LogP contribution in [0.25, 0.3) is 0 Å². The van der Waals surface area contributed by atoms with Gasteiger partial charge in [0.2, 0.25) is 0 Å². The molecule has 0 spiro atoms. The highest BCUT2D eigenvalue weighted by atomic mass is 79.9. The number of benzene rings is 1. The third-order valence-electron chi connectivity index (χ3n) is 2.90. The minimum absolute atomic E-state index is 0.194. The summed E-state index contributed by atoms with van der Waals surface area (Å²) in [5, 5.41) is 0. The summed E-state index contributed by atoms with van der Waals surface area (Å²) in [6.45, 7) is 2.05. The van der Waals surface area contributed by atoms with Crippen LogP contribution in [0.5, 0.6) is 5.75 Å². The Morgan fingerprint density at radius 2 is 2.06 bits per heavy atom. The van der Waals surface area contributed by atoms with Crippen molar-refractivity contribution in [1.82, 2.24) is 4.98 Å². The molecule has 2 N–H and O–H groups in total. The normalized spacial score (nSPS) is 12.2. The molecule has 18 heavy (non-hydrogen) atoms. The predicted molar refractivity (Wildman–Crippen MR) is 75.7 cm³/mol. The fourth-order valence-electron chi connectivity index (χ4n) is 1.88. The third-order valence-corrected chi connectivity index (χ3v) is 3.39. The molecule has 1 aromatic heterocycles. The lowest BCUT2D eigenvalue weighted by atomic mass is 9.97. The molecule has 4 heteroatoms. The first-order chi connectivity index (χ1) is 8.61. The lowest BCUT2D eigenvalue weighted by Crippen LogP contribution is -2.13. The maximum Gasteiger partial charge on any atom is 0.137 e. The molecule has 0 aliphatic carbocycles. The number of hydrogen-bond acceptors (Lipinski definition) is 3. The van der Waals surface area contributed by atoms with Crippen molar-refractivity contribution in [2.45, 2.75) is 13.0 Å². The van der Waals surface area contributed by atoms with E-state index in [1.54, 1.807) is 19.5 Å². The topological polar surface area (TPSA) is 48.1 Å². The molecule has 2 rings (SSSR count). The second kappa shape index (κ2) is 5.50. The summed E-state index contributed by atoms with van der Waals surface area (Å²) in [6, 6.07) is 7.81. The van der Waals surface area contributed by atoms with E-state index in [0.29, 0.717) is 0 Å². The Labute approximate surface area is 115 Å². The Morgan fingerprint density at radius 1 is 1.28 bits per heavy atom. The third kappa shape index (κ3) is 2.71. The van der Waals surface area contributed by atoms with Gasteiger partial charge in [0.15, 0.2) is 0 Å². The van der Waals surface area contributed by atoms with Crippen molar-refractivity contribution in [2.75, 3.05) is 7.11 Å². The summed E-state index contributed by atoms with van der Waals surface area (Å²) >= 11 is 3.45. The zero-order chi connectivity index (χ0) is 13.1. The summed E-state index contributed by atoms with van der Waals surface area (Å²) in [4.78, 5) is 4.14. The summed E-state index contributed by atoms with van der Waals surface area (Å²) < 4.78 is 6.22. The second-order valence-corrected chi connectivity index (χ2v) is 5.05. The Hall–Kier alpha value is -1.39. The smallest absolute Gasteiger partial charge is 0.137 e. The molecule has 0 fully saturated rings. The van der Waals surface area contributed by atoms with Crippen molar-refractivity contribution in [1.29, 1.82) is 0 Å². The zero-order valence-corrected chi connectivity index (χ0v) is 11.9. The standard InChI is InChI=1S/C14H15BrN2O/c1-9-5-11(15)3-4-13(9)14(16)10-6-12(18-2)8-17-7-10/h3-8,14H,16H2,1-2H3. The number of halogens is 1. The molecule has 0 aliphatic heterocycles. The Kier molecular flexibility index (Phi) is 3.99. The Morgan fingerprint density at radius 3 is 2.72 bits per heavy atom. The monoisotopic (exact) mass is 306 g/mol. The Balaban J connectivity index is 2.37. The molecule has 0 aliphatic rings. The van der Waals surface area contributed by atoms with Gasteiger partial charge in [-0.2, -0.15) is 0 Å². The van der Waals surface area contributed by atoms with Crippen LogP contribution in [-0.2, 0) is 0 Å². The molecule has 0 bridgehead atoms. The first-order valence-corrected chi connectivity index (χ1v) is 6.41. The Bertz CT molecular complexity index is 557. The quantitative estimate of drug-likeness (QED) is 0.947. The van der Waals surface area contributed by atoms with Gasteiger partial charge in [-0.15, -0.1) is 0 Å². The highest BCUT2D eigenvalue weighted by molar-refractivity contribution is 9.10. The van der Waals surface area contributed by atoms with Crippen LogP contribution >= 0.6 is 15.9 Å². The van der Waals surface area contributed by atoms with E-state index in [0.717, 1.165) is 26.9 Å². The van der Waals surface area contributed by atoms with Crippen LogP contribution in [0.1, 0.15) is 22.7 Å². The molecule has 0 radical (unpaired) electrons. The minimum Gasteiger partial charge on any atom is -0.495 e. The van der Waals surface area contributed by atoms with Crippen molar-refractivity contribution < 1.29 is 4.74 Å². The van der Waals surface area contributed by atoms with Crippen LogP contribution in [0.4, 0.5) is 0 Å². The van der Waals surface area contributed by atoms with Crippen molar-refractivity contribution >= 4 is 15.9 Å². The predicted octanol–water partition coefficient (Wildman–Crippen LogP) is 3.21. The van der Waals surface area contributed by atoms with Gasteiger partial charge in [0.05, 0.1) is 19.3 Å². The van der Waals surface area contributed by atoms with Crippen molar-refractivity contribution in [2.24, 2.45) is 5.73 Å². The molecular weight excluding hydrogens is 292 g/mol. The average Bonchev–Trinajstić information content (AvgIpc) is 2.38. The largest absolute Gasteiger partial charge is 0.495 e. The summed E-state index contributed by atoms with van der Waals surface area (Å²) in [6.07, 6.45) is 3.44. The molecule has 1 aromatic carbocycles. The van der Waals surface area contributed by atoms with E-state index in [1.165, 1.54) is 0 Å². The summed E-state index contributed by atoms with van der Waals surface area (Å²) in [7, 11) is 1.62. The van der Waals surface area contributed by atoms with E-state index in [2.05, 4.69) is 27.0 Å². The number of nitrogens with two attached hydrogens (primary N) is 1. The molecule has 0 saturated carbocycles. The van der Waals surface area contributed by atoms with Crippen LogP contribution in [0, 0.1) is 6.92 Å².